The maximum absolute atomic E-state index is 12.7. The fraction of sp³-hybridized carbons (Fsp3) is 0.619. The molecule has 1 aromatic carbocycles. The molecule has 3 fully saturated rings. The molecule has 1 aromatic rings. The normalized spacial score (nSPS) is 30.4. The Kier molecular flexibility index (Phi) is 5.19. The average Bonchev–Trinajstić information content (AvgIpc) is 2.70. The highest BCUT2D eigenvalue weighted by molar-refractivity contribution is 5.98. The van der Waals surface area contributed by atoms with Crippen molar-refractivity contribution in [3.8, 4) is 11.5 Å². The summed E-state index contributed by atoms with van der Waals surface area (Å²) in [4.78, 5) is 25.4. The van der Waals surface area contributed by atoms with E-state index >= 15 is 0 Å². The molecule has 3 aliphatic carbocycles. The van der Waals surface area contributed by atoms with Crippen molar-refractivity contribution >= 4 is 11.8 Å². The lowest BCUT2D eigenvalue weighted by molar-refractivity contribution is -0.146. The van der Waals surface area contributed by atoms with Crippen LogP contribution in [0.5, 0.6) is 11.5 Å². The molecular weight excluding hydrogens is 360 g/mol. The van der Waals surface area contributed by atoms with Crippen LogP contribution in [0.3, 0.4) is 0 Å². The van der Waals surface area contributed by atoms with Gasteiger partial charge in [-0.2, -0.15) is 0 Å². The van der Waals surface area contributed by atoms with Gasteiger partial charge in [-0.05, 0) is 43.7 Å². The Balaban J connectivity index is 1.48. The standard InChI is InChI=1S/C21H28N2O5/c1-26-9-3-8-22-19(24)17-10-14-5-4-13(17)12-21(14)23-20(25)16-7-6-15(27-2)11-18(16)28-21/h6-7,11,13-14,17H,3-5,8-10,12H2,1-2H3,(H,22,24)(H,23,25)/t13-,14-,17+,21+/m1/s1. The van der Waals surface area contributed by atoms with Gasteiger partial charge in [0, 0.05) is 44.6 Å². The van der Waals surface area contributed by atoms with Crippen molar-refractivity contribution in [3.05, 3.63) is 23.8 Å². The molecule has 0 unspecified atom stereocenters. The molecule has 3 saturated carbocycles. The highest BCUT2D eigenvalue weighted by atomic mass is 16.5. The lowest BCUT2D eigenvalue weighted by Gasteiger charge is -2.55. The van der Waals surface area contributed by atoms with Crippen LogP contribution in [0, 0.1) is 17.8 Å². The number of amides is 2. The zero-order chi connectivity index (χ0) is 19.7. The Labute approximate surface area is 165 Å². The number of hydrogen-bond acceptors (Lipinski definition) is 5. The van der Waals surface area contributed by atoms with Gasteiger partial charge < -0.3 is 24.8 Å². The first kappa shape index (κ1) is 19.1. The molecular formula is C21H28N2O5. The topological polar surface area (TPSA) is 85.9 Å². The Morgan fingerprint density at radius 1 is 1.36 bits per heavy atom. The third kappa shape index (κ3) is 3.32. The first-order chi connectivity index (χ1) is 13.6. The number of carbonyl (C=O) groups excluding carboxylic acids is 2. The van der Waals surface area contributed by atoms with Crippen LogP contribution in [0.15, 0.2) is 18.2 Å². The van der Waals surface area contributed by atoms with Gasteiger partial charge in [-0.1, -0.05) is 0 Å². The fourth-order valence-electron chi connectivity index (χ4n) is 5.00. The lowest BCUT2D eigenvalue weighted by Crippen LogP contribution is -2.66. The summed E-state index contributed by atoms with van der Waals surface area (Å²) in [5, 5.41) is 6.17. The van der Waals surface area contributed by atoms with Crippen LogP contribution in [0.25, 0.3) is 0 Å². The Bertz CT molecular complexity index is 767. The number of ether oxygens (including phenoxy) is 3. The summed E-state index contributed by atoms with van der Waals surface area (Å²) in [6.45, 7) is 1.27. The molecule has 5 rings (SSSR count). The third-order valence-corrected chi connectivity index (χ3v) is 6.43. The molecule has 1 aliphatic heterocycles. The minimum absolute atomic E-state index is 0.0147. The minimum Gasteiger partial charge on any atom is -0.497 e. The minimum atomic E-state index is -0.716. The average molecular weight is 388 g/mol. The third-order valence-electron chi connectivity index (χ3n) is 6.43. The van der Waals surface area contributed by atoms with Gasteiger partial charge in [-0.3, -0.25) is 9.59 Å². The number of fused-ring (bicyclic) bond motifs is 3. The van der Waals surface area contributed by atoms with Crippen LogP contribution < -0.4 is 20.1 Å². The van der Waals surface area contributed by atoms with Gasteiger partial charge in [0.15, 0.2) is 5.72 Å². The smallest absolute Gasteiger partial charge is 0.258 e. The van der Waals surface area contributed by atoms with E-state index in [0.717, 1.165) is 25.7 Å². The summed E-state index contributed by atoms with van der Waals surface area (Å²) in [7, 11) is 3.26. The van der Waals surface area contributed by atoms with E-state index in [1.165, 1.54) is 0 Å². The van der Waals surface area contributed by atoms with E-state index in [1.54, 1.807) is 32.4 Å². The van der Waals surface area contributed by atoms with E-state index in [2.05, 4.69) is 10.6 Å². The predicted octanol–water partition coefficient (Wildman–Crippen LogP) is 2.10. The van der Waals surface area contributed by atoms with Crippen LogP contribution in [0.1, 0.15) is 42.5 Å². The molecule has 4 aliphatic rings. The predicted molar refractivity (Wildman–Crippen MR) is 102 cm³/mol. The van der Waals surface area contributed by atoms with Gasteiger partial charge in [-0.25, -0.2) is 0 Å². The summed E-state index contributed by atoms with van der Waals surface area (Å²) >= 11 is 0. The summed E-state index contributed by atoms with van der Waals surface area (Å²) in [6, 6.07) is 5.27. The highest BCUT2D eigenvalue weighted by Gasteiger charge is 2.57. The molecule has 2 bridgehead atoms. The van der Waals surface area contributed by atoms with Gasteiger partial charge in [-0.15, -0.1) is 0 Å². The molecule has 4 atom stereocenters. The van der Waals surface area contributed by atoms with Crippen molar-refractivity contribution in [2.24, 2.45) is 17.8 Å². The monoisotopic (exact) mass is 388 g/mol. The van der Waals surface area contributed by atoms with Gasteiger partial charge in [0.25, 0.3) is 5.91 Å². The summed E-state index contributed by atoms with van der Waals surface area (Å²) < 4.78 is 16.7. The first-order valence-corrected chi connectivity index (χ1v) is 10.0. The maximum Gasteiger partial charge on any atom is 0.258 e. The molecule has 7 nitrogen and oxygen atoms in total. The van der Waals surface area contributed by atoms with Crippen molar-refractivity contribution in [1.29, 1.82) is 0 Å². The molecule has 2 N–H and O–H groups in total. The molecule has 2 amide bonds. The summed E-state index contributed by atoms with van der Waals surface area (Å²) in [6.07, 6.45) is 4.16. The summed E-state index contributed by atoms with van der Waals surface area (Å²) in [5.74, 6) is 1.55. The fourth-order valence-corrected chi connectivity index (χ4v) is 5.00. The van der Waals surface area contributed by atoms with Crippen molar-refractivity contribution in [1.82, 2.24) is 10.6 Å². The van der Waals surface area contributed by atoms with Crippen molar-refractivity contribution in [3.63, 3.8) is 0 Å². The number of carbonyl (C=O) groups is 2. The maximum atomic E-state index is 12.7. The quantitative estimate of drug-likeness (QED) is 0.729. The van der Waals surface area contributed by atoms with E-state index in [-0.39, 0.29) is 29.6 Å². The Morgan fingerprint density at radius 3 is 2.93 bits per heavy atom. The number of benzene rings is 1. The van der Waals surface area contributed by atoms with Crippen LogP contribution in [0.2, 0.25) is 0 Å². The van der Waals surface area contributed by atoms with E-state index in [0.29, 0.717) is 36.6 Å². The largest absolute Gasteiger partial charge is 0.497 e. The number of methoxy groups -OCH3 is 2. The number of rotatable bonds is 6. The van der Waals surface area contributed by atoms with Crippen LogP contribution in [-0.4, -0.2) is 44.9 Å². The molecule has 0 radical (unpaired) electrons. The molecule has 7 heteroatoms. The Morgan fingerprint density at radius 2 is 2.21 bits per heavy atom. The number of hydrogen-bond donors (Lipinski definition) is 2. The SMILES string of the molecule is COCCCNC(=O)[C@H]1C[C@H]2CC[C@@H]1C[C@@]21NC(=O)c2ccc(OC)cc2O1. The Hall–Kier alpha value is -2.28. The van der Waals surface area contributed by atoms with Crippen LogP contribution >= 0.6 is 0 Å². The second kappa shape index (κ2) is 7.62. The molecule has 0 aromatic heterocycles. The molecule has 1 heterocycles. The second-order valence-electron chi connectivity index (χ2n) is 8.03. The molecule has 152 valence electrons. The van der Waals surface area contributed by atoms with Gasteiger partial charge in [0.05, 0.1) is 12.7 Å². The van der Waals surface area contributed by atoms with E-state index in [1.807, 2.05) is 0 Å². The highest BCUT2D eigenvalue weighted by Crippen LogP contribution is 2.52. The molecule has 28 heavy (non-hydrogen) atoms. The molecule has 1 spiro atoms. The lowest BCUT2D eigenvalue weighted by atomic mass is 9.60. The van der Waals surface area contributed by atoms with Gasteiger partial charge in [0.2, 0.25) is 5.91 Å². The molecule has 0 saturated heterocycles. The van der Waals surface area contributed by atoms with Crippen LogP contribution in [-0.2, 0) is 9.53 Å². The van der Waals surface area contributed by atoms with E-state index < -0.39 is 5.72 Å². The van der Waals surface area contributed by atoms with E-state index in [4.69, 9.17) is 14.2 Å². The zero-order valence-corrected chi connectivity index (χ0v) is 16.5. The first-order valence-electron chi connectivity index (χ1n) is 10.0. The van der Waals surface area contributed by atoms with Crippen molar-refractivity contribution in [2.45, 2.75) is 37.8 Å². The van der Waals surface area contributed by atoms with Gasteiger partial charge >= 0.3 is 0 Å². The second-order valence-corrected chi connectivity index (χ2v) is 8.03. The summed E-state index contributed by atoms with van der Waals surface area (Å²) in [5.41, 5.74) is -0.188. The van der Waals surface area contributed by atoms with Crippen molar-refractivity contribution in [2.75, 3.05) is 27.4 Å². The van der Waals surface area contributed by atoms with Crippen LogP contribution in [0.4, 0.5) is 0 Å². The van der Waals surface area contributed by atoms with E-state index in [9.17, 15) is 9.59 Å². The number of nitrogens with one attached hydrogen (secondary N) is 2. The van der Waals surface area contributed by atoms with Gasteiger partial charge in [0.1, 0.15) is 11.5 Å². The van der Waals surface area contributed by atoms with Crippen molar-refractivity contribution < 1.29 is 23.8 Å². The zero-order valence-electron chi connectivity index (χ0n) is 16.5.